The third-order valence-electron chi connectivity index (χ3n) is 3.46. The summed E-state index contributed by atoms with van der Waals surface area (Å²) in [4.78, 5) is 16.7. The van der Waals surface area contributed by atoms with Gasteiger partial charge in [-0.1, -0.05) is 0 Å². The number of aromatic nitrogens is 3. The lowest BCUT2D eigenvalue weighted by atomic mass is 10.2. The SMILES string of the molecule is CN(C)Cc1cnc([C@@H]2CN(Cc3cscn3)CCO2)[nH]1. The quantitative estimate of drug-likeness (QED) is 0.907. The van der Waals surface area contributed by atoms with Crippen LogP contribution in [-0.2, 0) is 17.8 Å². The van der Waals surface area contributed by atoms with Crippen molar-refractivity contribution in [3.05, 3.63) is 34.3 Å². The molecule has 6 nitrogen and oxygen atoms in total. The fourth-order valence-electron chi connectivity index (χ4n) is 2.52. The molecule has 1 fully saturated rings. The first-order valence-corrected chi connectivity index (χ1v) is 8.04. The van der Waals surface area contributed by atoms with Gasteiger partial charge in [-0.2, -0.15) is 0 Å². The first-order chi connectivity index (χ1) is 10.2. The third-order valence-corrected chi connectivity index (χ3v) is 4.09. The summed E-state index contributed by atoms with van der Waals surface area (Å²) in [6.07, 6.45) is 1.92. The van der Waals surface area contributed by atoms with Crippen LogP contribution in [-0.4, -0.2) is 58.5 Å². The smallest absolute Gasteiger partial charge is 0.136 e. The minimum Gasteiger partial charge on any atom is -0.368 e. The Hall–Kier alpha value is -1.28. The van der Waals surface area contributed by atoms with Crippen LogP contribution in [0.2, 0.25) is 0 Å². The molecule has 0 aromatic carbocycles. The van der Waals surface area contributed by atoms with Crippen molar-refractivity contribution in [2.45, 2.75) is 19.2 Å². The number of rotatable bonds is 5. The Kier molecular flexibility index (Phi) is 4.64. The molecule has 3 heterocycles. The van der Waals surface area contributed by atoms with Crippen LogP contribution in [0.3, 0.4) is 0 Å². The van der Waals surface area contributed by atoms with Gasteiger partial charge in [-0.15, -0.1) is 11.3 Å². The number of nitrogens with zero attached hydrogens (tertiary/aromatic N) is 4. The van der Waals surface area contributed by atoms with Gasteiger partial charge in [0.25, 0.3) is 0 Å². The zero-order valence-corrected chi connectivity index (χ0v) is 13.3. The molecule has 2 aromatic heterocycles. The molecule has 21 heavy (non-hydrogen) atoms. The Morgan fingerprint density at radius 3 is 3.14 bits per heavy atom. The van der Waals surface area contributed by atoms with Crippen LogP contribution < -0.4 is 0 Å². The lowest BCUT2D eigenvalue weighted by Gasteiger charge is -2.31. The average Bonchev–Trinajstić information content (AvgIpc) is 3.10. The summed E-state index contributed by atoms with van der Waals surface area (Å²) in [6.45, 7) is 4.28. The highest BCUT2D eigenvalue weighted by Gasteiger charge is 2.24. The zero-order valence-electron chi connectivity index (χ0n) is 12.5. The second-order valence-electron chi connectivity index (χ2n) is 5.61. The van der Waals surface area contributed by atoms with Crippen LogP contribution in [0.1, 0.15) is 23.3 Å². The van der Waals surface area contributed by atoms with Gasteiger partial charge in [0.05, 0.1) is 17.8 Å². The molecule has 0 amide bonds. The first-order valence-electron chi connectivity index (χ1n) is 7.10. The second kappa shape index (κ2) is 6.65. The van der Waals surface area contributed by atoms with Gasteiger partial charge in [0.2, 0.25) is 0 Å². The number of nitrogens with one attached hydrogen (secondary N) is 1. The highest BCUT2D eigenvalue weighted by molar-refractivity contribution is 7.07. The van der Waals surface area contributed by atoms with Gasteiger partial charge < -0.3 is 14.6 Å². The summed E-state index contributed by atoms with van der Waals surface area (Å²) in [5.41, 5.74) is 4.14. The van der Waals surface area contributed by atoms with E-state index in [9.17, 15) is 0 Å². The zero-order chi connectivity index (χ0) is 14.7. The van der Waals surface area contributed by atoms with E-state index >= 15 is 0 Å². The molecule has 114 valence electrons. The Balaban J connectivity index is 1.61. The van der Waals surface area contributed by atoms with Gasteiger partial charge in [-0.25, -0.2) is 9.97 Å². The minimum absolute atomic E-state index is 0.0216. The molecule has 0 unspecified atom stereocenters. The van der Waals surface area contributed by atoms with E-state index in [-0.39, 0.29) is 6.10 Å². The molecular formula is C14H21N5OS. The molecule has 0 radical (unpaired) electrons. The van der Waals surface area contributed by atoms with Crippen molar-refractivity contribution in [2.24, 2.45) is 0 Å². The van der Waals surface area contributed by atoms with Gasteiger partial charge in [0, 0.05) is 43.4 Å². The highest BCUT2D eigenvalue weighted by atomic mass is 32.1. The molecule has 0 bridgehead atoms. The molecule has 0 aliphatic carbocycles. The second-order valence-corrected chi connectivity index (χ2v) is 6.32. The van der Waals surface area contributed by atoms with Crippen LogP contribution in [0, 0.1) is 0 Å². The standard InChI is InChI=1S/C14H21N5OS/c1-18(2)6-11-5-15-14(17-11)13-8-19(3-4-20-13)7-12-9-21-10-16-12/h5,9-10,13H,3-4,6-8H2,1-2H3,(H,15,17)/t13-/m0/s1. The molecule has 1 atom stereocenters. The summed E-state index contributed by atoms with van der Waals surface area (Å²) in [5.74, 6) is 0.926. The number of hydrogen-bond acceptors (Lipinski definition) is 6. The average molecular weight is 307 g/mol. The van der Waals surface area contributed by atoms with E-state index in [1.54, 1.807) is 11.3 Å². The van der Waals surface area contributed by atoms with Crippen molar-refractivity contribution < 1.29 is 4.74 Å². The van der Waals surface area contributed by atoms with E-state index in [2.05, 4.69) is 30.1 Å². The van der Waals surface area contributed by atoms with Crippen molar-refractivity contribution in [3.8, 4) is 0 Å². The van der Waals surface area contributed by atoms with Crippen molar-refractivity contribution in [1.29, 1.82) is 0 Å². The Labute approximate surface area is 128 Å². The van der Waals surface area contributed by atoms with Crippen LogP contribution in [0.5, 0.6) is 0 Å². The molecular weight excluding hydrogens is 286 g/mol. The summed E-state index contributed by atoms with van der Waals surface area (Å²) in [5, 5.41) is 2.10. The Bertz CT molecular complexity index is 553. The topological polar surface area (TPSA) is 57.3 Å². The van der Waals surface area contributed by atoms with E-state index in [0.29, 0.717) is 0 Å². The van der Waals surface area contributed by atoms with Crippen LogP contribution in [0.25, 0.3) is 0 Å². The van der Waals surface area contributed by atoms with Gasteiger partial charge >= 0.3 is 0 Å². The van der Waals surface area contributed by atoms with Gasteiger partial charge in [-0.3, -0.25) is 4.90 Å². The number of thiazole rings is 1. The fraction of sp³-hybridized carbons (Fsp3) is 0.571. The molecule has 2 aromatic rings. The van der Waals surface area contributed by atoms with E-state index in [4.69, 9.17) is 4.74 Å². The van der Waals surface area contributed by atoms with Crippen molar-refractivity contribution in [1.82, 2.24) is 24.8 Å². The lowest BCUT2D eigenvalue weighted by Crippen LogP contribution is -2.38. The predicted octanol–water partition coefficient (Wildman–Crippen LogP) is 1.50. The number of imidazole rings is 1. The number of morpholine rings is 1. The first kappa shape index (κ1) is 14.6. The number of H-pyrrole nitrogens is 1. The molecule has 0 spiro atoms. The normalized spacial score (nSPS) is 20.2. The molecule has 1 aliphatic rings. The summed E-state index contributed by atoms with van der Waals surface area (Å²) < 4.78 is 5.86. The highest BCUT2D eigenvalue weighted by Crippen LogP contribution is 2.21. The lowest BCUT2D eigenvalue weighted by molar-refractivity contribution is -0.0372. The minimum atomic E-state index is 0.0216. The van der Waals surface area contributed by atoms with Gasteiger partial charge in [0.15, 0.2) is 0 Å². The molecule has 1 aliphatic heterocycles. The number of aromatic amines is 1. The molecule has 3 rings (SSSR count). The molecule has 1 saturated heterocycles. The fourth-order valence-corrected chi connectivity index (χ4v) is 3.07. The van der Waals surface area contributed by atoms with Crippen molar-refractivity contribution in [2.75, 3.05) is 33.8 Å². The predicted molar refractivity (Wildman–Crippen MR) is 82.1 cm³/mol. The number of hydrogen-bond donors (Lipinski definition) is 1. The largest absolute Gasteiger partial charge is 0.368 e. The van der Waals surface area contributed by atoms with E-state index in [1.807, 2.05) is 25.8 Å². The van der Waals surface area contributed by atoms with E-state index < -0.39 is 0 Å². The Morgan fingerprint density at radius 2 is 2.38 bits per heavy atom. The van der Waals surface area contributed by atoms with Gasteiger partial charge in [0.1, 0.15) is 11.9 Å². The maximum absolute atomic E-state index is 5.86. The monoisotopic (exact) mass is 307 g/mol. The van der Waals surface area contributed by atoms with Crippen molar-refractivity contribution in [3.63, 3.8) is 0 Å². The summed E-state index contributed by atoms with van der Waals surface area (Å²) in [6, 6.07) is 0. The van der Waals surface area contributed by atoms with Crippen LogP contribution >= 0.6 is 11.3 Å². The third kappa shape index (κ3) is 3.88. The van der Waals surface area contributed by atoms with Crippen LogP contribution in [0.15, 0.2) is 17.1 Å². The maximum atomic E-state index is 5.86. The Morgan fingerprint density at radius 1 is 1.48 bits per heavy atom. The summed E-state index contributed by atoms with van der Waals surface area (Å²) >= 11 is 1.64. The van der Waals surface area contributed by atoms with Crippen molar-refractivity contribution >= 4 is 11.3 Å². The molecule has 1 N–H and O–H groups in total. The van der Waals surface area contributed by atoms with Crippen LogP contribution in [0.4, 0.5) is 0 Å². The molecule has 0 saturated carbocycles. The van der Waals surface area contributed by atoms with Gasteiger partial charge in [-0.05, 0) is 14.1 Å². The van der Waals surface area contributed by atoms with E-state index in [0.717, 1.165) is 50.0 Å². The number of ether oxygens (including phenoxy) is 1. The summed E-state index contributed by atoms with van der Waals surface area (Å²) in [7, 11) is 4.10. The van der Waals surface area contributed by atoms with E-state index in [1.165, 1.54) is 0 Å². The molecule has 7 heteroatoms. The maximum Gasteiger partial charge on any atom is 0.136 e.